The van der Waals surface area contributed by atoms with Gasteiger partial charge in [0.05, 0.1) is 0 Å². The molecule has 2 atom stereocenters. The average molecular weight is 160 g/mol. The van der Waals surface area contributed by atoms with Crippen LogP contribution in [-0.4, -0.2) is 18.9 Å². The zero-order valence-corrected chi connectivity index (χ0v) is 6.49. The molecule has 0 aromatic rings. The Morgan fingerprint density at radius 1 is 1.45 bits per heavy atom. The van der Waals surface area contributed by atoms with Crippen molar-refractivity contribution >= 4 is 6.29 Å². The molecule has 1 heterocycles. The predicted octanol–water partition coefficient (Wildman–Crippen LogP) is 1.01. The number of hydrogen-bond acceptors (Lipinski definition) is 4. The van der Waals surface area contributed by atoms with Crippen LogP contribution in [0.5, 0.6) is 0 Å². The van der Waals surface area contributed by atoms with Gasteiger partial charge in [-0.05, 0) is 13.3 Å². The van der Waals surface area contributed by atoms with Gasteiger partial charge in [0.25, 0.3) is 0 Å². The standard InChI is InChI=1S/C7H12O4/c1-6-9-7(11-10-6)4-2-3-5-8/h5-7H,2-4H2,1H3. The van der Waals surface area contributed by atoms with Crippen LogP contribution in [0.25, 0.3) is 0 Å². The fourth-order valence-corrected chi connectivity index (χ4v) is 0.883. The number of ether oxygens (including phenoxy) is 1. The van der Waals surface area contributed by atoms with Crippen LogP contribution in [0.15, 0.2) is 0 Å². The third-order valence-electron chi connectivity index (χ3n) is 1.40. The molecule has 0 aromatic carbocycles. The van der Waals surface area contributed by atoms with E-state index in [0.717, 1.165) is 12.7 Å². The van der Waals surface area contributed by atoms with Crippen LogP contribution < -0.4 is 0 Å². The van der Waals surface area contributed by atoms with E-state index in [1.54, 1.807) is 6.92 Å². The summed E-state index contributed by atoms with van der Waals surface area (Å²) in [5, 5.41) is 0. The van der Waals surface area contributed by atoms with E-state index >= 15 is 0 Å². The molecule has 1 aliphatic heterocycles. The first kappa shape index (κ1) is 8.64. The number of carbonyl (C=O) groups excluding carboxylic acids is 1. The second-order valence-electron chi connectivity index (χ2n) is 2.42. The SMILES string of the molecule is CC1OOC(CCCC=O)O1. The Kier molecular flexibility index (Phi) is 3.48. The molecule has 0 N–H and O–H groups in total. The monoisotopic (exact) mass is 160 g/mol. The first-order chi connectivity index (χ1) is 5.33. The van der Waals surface area contributed by atoms with Gasteiger partial charge < -0.3 is 9.53 Å². The van der Waals surface area contributed by atoms with Crippen LogP contribution in [0.1, 0.15) is 26.2 Å². The van der Waals surface area contributed by atoms with E-state index in [0.29, 0.717) is 12.8 Å². The number of unbranched alkanes of at least 4 members (excludes halogenated alkanes) is 1. The minimum atomic E-state index is -0.287. The Labute approximate surface area is 65.4 Å². The summed E-state index contributed by atoms with van der Waals surface area (Å²) < 4.78 is 5.15. The van der Waals surface area contributed by atoms with Crippen LogP contribution in [0.4, 0.5) is 0 Å². The molecule has 0 radical (unpaired) electrons. The van der Waals surface area contributed by atoms with Crippen molar-refractivity contribution in [3.05, 3.63) is 0 Å². The van der Waals surface area contributed by atoms with Gasteiger partial charge in [0, 0.05) is 12.8 Å². The zero-order valence-electron chi connectivity index (χ0n) is 6.49. The Hall–Kier alpha value is -0.450. The molecule has 0 spiro atoms. The minimum Gasteiger partial charge on any atom is -0.318 e. The molecule has 11 heavy (non-hydrogen) atoms. The minimum absolute atomic E-state index is 0.281. The zero-order chi connectivity index (χ0) is 8.10. The third-order valence-corrected chi connectivity index (χ3v) is 1.40. The summed E-state index contributed by atoms with van der Waals surface area (Å²) in [5.74, 6) is 0. The molecule has 2 unspecified atom stereocenters. The van der Waals surface area contributed by atoms with E-state index in [2.05, 4.69) is 4.89 Å². The van der Waals surface area contributed by atoms with Crippen LogP contribution in [0, 0.1) is 0 Å². The van der Waals surface area contributed by atoms with Gasteiger partial charge >= 0.3 is 0 Å². The van der Waals surface area contributed by atoms with Gasteiger partial charge in [0.2, 0.25) is 0 Å². The lowest BCUT2D eigenvalue weighted by molar-refractivity contribution is -0.294. The van der Waals surface area contributed by atoms with Crippen molar-refractivity contribution in [2.75, 3.05) is 0 Å². The molecule has 0 aromatic heterocycles. The largest absolute Gasteiger partial charge is 0.318 e. The number of carbonyl (C=O) groups is 1. The van der Waals surface area contributed by atoms with Crippen molar-refractivity contribution in [2.45, 2.75) is 38.8 Å². The molecule has 0 aliphatic carbocycles. The molecule has 1 fully saturated rings. The molecule has 1 rings (SSSR count). The van der Waals surface area contributed by atoms with Gasteiger partial charge in [-0.25, -0.2) is 9.78 Å². The van der Waals surface area contributed by atoms with Crippen molar-refractivity contribution in [2.24, 2.45) is 0 Å². The van der Waals surface area contributed by atoms with Crippen molar-refractivity contribution < 1.29 is 19.3 Å². The lowest BCUT2D eigenvalue weighted by Crippen LogP contribution is -2.08. The lowest BCUT2D eigenvalue weighted by Gasteiger charge is -2.03. The second kappa shape index (κ2) is 4.43. The Bertz CT molecular complexity index is 126. The van der Waals surface area contributed by atoms with Crippen molar-refractivity contribution in [3.8, 4) is 0 Å². The topological polar surface area (TPSA) is 44.8 Å². The maximum atomic E-state index is 9.93. The van der Waals surface area contributed by atoms with Crippen molar-refractivity contribution in [1.82, 2.24) is 0 Å². The number of rotatable bonds is 4. The molecule has 0 bridgehead atoms. The van der Waals surface area contributed by atoms with Gasteiger partial charge in [0.15, 0.2) is 12.6 Å². The van der Waals surface area contributed by atoms with Crippen LogP contribution in [0.3, 0.4) is 0 Å². The summed E-state index contributed by atoms with van der Waals surface area (Å²) in [4.78, 5) is 19.4. The summed E-state index contributed by atoms with van der Waals surface area (Å²) in [5.41, 5.74) is 0. The van der Waals surface area contributed by atoms with E-state index in [4.69, 9.17) is 9.62 Å². The van der Waals surface area contributed by atoms with E-state index in [1.807, 2.05) is 0 Å². The van der Waals surface area contributed by atoms with Gasteiger partial charge in [-0.2, -0.15) is 0 Å². The summed E-state index contributed by atoms with van der Waals surface area (Å²) in [6.45, 7) is 1.76. The van der Waals surface area contributed by atoms with E-state index in [1.165, 1.54) is 0 Å². The van der Waals surface area contributed by atoms with E-state index in [-0.39, 0.29) is 12.6 Å². The highest BCUT2D eigenvalue weighted by Gasteiger charge is 2.23. The molecular formula is C7H12O4. The molecule has 4 heteroatoms. The molecular weight excluding hydrogens is 148 g/mol. The second-order valence-corrected chi connectivity index (χ2v) is 2.42. The van der Waals surface area contributed by atoms with E-state index < -0.39 is 0 Å². The summed E-state index contributed by atoms with van der Waals surface area (Å²) in [7, 11) is 0. The predicted molar refractivity (Wildman–Crippen MR) is 36.4 cm³/mol. The summed E-state index contributed by atoms with van der Waals surface area (Å²) >= 11 is 0. The Balaban J connectivity index is 2.03. The molecule has 64 valence electrons. The normalized spacial score (nSPS) is 30.6. The first-order valence-corrected chi connectivity index (χ1v) is 3.74. The fraction of sp³-hybridized carbons (Fsp3) is 0.857. The van der Waals surface area contributed by atoms with Gasteiger partial charge in [-0.1, -0.05) is 0 Å². The maximum Gasteiger partial charge on any atom is 0.194 e. The summed E-state index contributed by atoms with van der Waals surface area (Å²) in [6.07, 6.45) is 2.37. The summed E-state index contributed by atoms with van der Waals surface area (Å²) in [6, 6.07) is 0. The van der Waals surface area contributed by atoms with Crippen LogP contribution in [0.2, 0.25) is 0 Å². The Morgan fingerprint density at radius 3 is 2.82 bits per heavy atom. The molecule has 1 saturated heterocycles. The molecule has 1 aliphatic rings. The average Bonchev–Trinajstić information content (AvgIpc) is 2.37. The van der Waals surface area contributed by atoms with Crippen molar-refractivity contribution in [3.63, 3.8) is 0 Å². The van der Waals surface area contributed by atoms with Crippen LogP contribution >= 0.6 is 0 Å². The van der Waals surface area contributed by atoms with E-state index in [9.17, 15) is 4.79 Å². The van der Waals surface area contributed by atoms with Gasteiger partial charge in [0.1, 0.15) is 6.29 Å². The highest BCUT2D eigenvalue weighted by atomic mass is 17.3. The smallest absolute Gasteiger partial charge is 0.194 e. The van der Waals surface area contributed by atoms with Crippen LogP contribution in [-0.2, 0) is 19.3 Å². The lowest BCUT2D eigenvalue weighted by atomic mass is 10.2. The Morgan fingerprint density at radius 2 is 2.27 bits per heavy atom. The quantitative estimate of drug-likeness (QED) is 0.349. The number of aldehydes is 1. The van der Waals surface area contributed by atoms with Gasteiger partial charge in [-0.3, -0.25) is 0 Å². The first-order valence-electron chi connectivity index (χ1n) is 3.74. The molecule has 0 amide bonds. The highest BCUT2D eigenvalue weighted by Crippen LogP contribution is 2.16. The maximum absolute atomic E-state index is 9.93. The molecule has 4 nitrogen and oxygen atoms in total. The van der Waals surface area contributed by atoms with Crippen molar-refractivity contribution in [1.29, 1.82) is 0 Å². The third kappa shape index (κ3) is 2.96. The molecule has 0 saturated carbocycles. The highest BCUT2D eigenvalue weighted by molar-refractivity contribution is 5.48. The van der Waals surface area contributed by atoms with Gasteiger partial charge in [-0.15, -0.1) is 0 Å². The fourth-order valence-electron chi connectivity index (χ4n) is 0.883. The number of hydrogen-bond donors (Lipinski definition) is 0.